The lowest BCUT2D eigenvalue weighted by Gasteiger charge is -2.29. The largest absolute Gasteiger partial charge is 0.494 e. The van der Waals surface area contributed by atoms with Gasteiger partial charge in [0.15, 0.2) is 0 Å². The van der Waals surface area contributed by atoms with E-state index in [1.807, 2.05) is 85.6 Å². The van der Waals surface area contributed by atoms with Crippen LogP contribution in [0.25, 0.3) is 11.4 Å². The van der Waals surface area contributed by atoms with Crippen molar-refractivity contribution >= 4 is 23.3 Å². The Kier molecular flexibility index (Phi) is 10.5. The molecule has 0 aliphatic heterocycles. The highest BCUT2D eigenvalue weighted by atomic mass is 16.5. The number of aryl methyl sites for hydroxylation is 4. The highest BCUT2D eigenvalue weighted by Crippen LogP contribution is 2.35. The van der Waals surface area contributed by atoms with Gasteiger partial charge < -0.3 is 39.5 Å². The Balaban J connectivity index is 1.18. The lowest BCUT2D eigenvalue weighted by Crippen LogP contribution is -2.30. The van der Waals surface area contributed by atoms with Crippen LogP contribution < -0.4 is 20.1 Å². The van der Waals surface area contributed by atoms with E-state index in [1.165, 1.54) is 0 Å². The number of hydrogen-bond donors (Lipinski definition) is 4. The van der Waals surface area contributed by atoms with Gasteiger partial charge in [0, 0.05) is 47.3 Å². The number of hydrogen-bond acceptors (Lipinski definition) is 12. The summed E-state index contributed by atoms with van der Waals surface area (Å²) in [6, 6.07) is 14.9. The molecule has 2 unspecified atom stereocenters. The van der Waals surface area contributed by atoms with Crippen LogP contribution in [-0.2, 0) is 17.6 Å². The number of aromatic nitrogens is 8. The van der Waals surface area contributed by atoms with E-state index in [0.717, 1.165) is 34.1 Å². The summed E-state index contributed by atoms with van der Waals surface area (Å²) in [5.41, 5.74) is 4.39. The molecule has 4 N–H and O–H groups in total. The topological polar surface area (TPSA) is 170 Å². The predicted octanol–water partition coefficient (Wildman–Crippen LogP) is 6.53. The van der Waals surface area contributed by atoms with E-state index in [1.54, 1.807) is 52.9 Å². The number of rotatable bonds is 14. The Hall–Kier alpha value is -5.86. The summed E-state index contributed by atoms with van der Waals surface area (Å²) in [6.07, 6.45) is 8.33. The Morgan fingerprint density at radius 2 is 1.11 bits per heavy atom. The van der Waals surface area contributed by atoms with Gasteiger partial charge in [0.1, 0.15) is 22.7 Å². The molecule has 0 aliphatic rings. The maximum atomic E-state index is 11.8. The highest BCUT2D eigenvalue weighted by Gasteiger charge is 2.33. The van der Waals surface area contributed by atoms with Crippen LogP contribution in [0.5, 0.6) is 11.5 Å². The molecule has 2 atom stereocenters. The van der Waals surface area contributed by atoms with Crippen LogP contribution >= 0.6 is 0 Å². The summed E-state index contributed by atoms with van der Waals surface area (Å²) in [5.74, 6) is 1.95. The van der Waals surface area contributed by atoms with Crippen molar-refractivity contribution in [2.75, 3.05) is 24.9 Å². The minimum absolute atomic E-state index is 0.184. The molecule has 0 saturated carbocycles. The van der Waals surface area contributed by atoms with E-state index in [2.05, 4.69) is 35.6 Å². The first-order valence-corrected chi connectivity index (χ1v) is 17.4. The standard InChI is InChI=1S/C39H46N10O4/c1-9-27-19-35(47-37(43-27)45-29-11-13-31(33(18-29)53-8)49-21-26(4)41-23-49)39(6,51)15-14-38(5,50)34-16-24(2)42-36(46-34)44-28-10-12-30(32(17-28)52-7)48-20-25(3)40-22-48/h10-13,16-23,50-51H,9,14-15H2,1-8H3,(H,42,44,46)(H,43,45,47). The second-order valence-electron chi connectivity index (χ2n) is 13.6. The van der Waals surface area contributed by atoms with Gasteiger partial charge in [0.05, 0.1) is 61.0 Å². The molecule has 14 nitrogen and oxygen atoms in total. The van der Waals surface area contributed by atoms with E-state index in [4.69, 9.17) is 14.5 Å². The van der Waals surface area contributed by atoms with Gasteiger partial charge in [-0.05, 0) is 90.3 Å². The Morgan fingerprint density at radius 3 is 1.55 bits per heavy atom. The molecule has 0 bridgehead atoms. The second kappa shape index (κ2) is 15.0. The molecule has 0 aliphatic carbocycles. The SMILES string of the molecule is CCc1cc(C(C)(O)CCC(C)(O)c2cc(C)nc(Nc3ccc(-n4cnc(C)c4)c(OC)c3)n2)nc(Nc2ccc(-n3cnc(C)c3)c(OC)c2)n1. The third kappa shape index (κ3) is 8.45. The van der Waals surface area contributed by atoms with Gasteiger partial charge in [-0.3, -0.25) is 0 Å². The van der Waals surface area contributed by atoms with Crippen LogP contribution in [-0.4, -0.2) is 63.5 Å². The van der Waals surface area contributed by atoms with E-state index in [9.17, 15) is 10.2 Å². The summed E-state index contributed by atoms with van der Waals surface area (Å²) >= 11 is 0. The Labute approximate surface area is 309 Å². The van der Waals surface area contributed by atoms with E-state index >= 15 is 0 Å². The molecule has 0 spiro atoms. The monoisotopic (exact) mass is 718 g/mol. The average molecular weight is 719 g/mol. The predicted molar refractivity (Wildman–Crippen MR) is 203 cm³/mol. The first-order chi connectivity index (χ1) is 25.3. The normalized spacial score (nSPS) is 13.6. The minimum Gasteiger partial charge on any atom is -0.494 e. The number of anilines is 4. The van der Waals surface area contributed by atoms with Gasteiger partial charge in [0.25, 0.3) is 0 Å². The Bertz CT molecular complexity index is 2230. The van der Waals surface area contributed by atoms with Crippen LogP contribution in [0.1, 0.15) is 67.8 Å². The number of methoxy groups -OCH3 is 2. The number of ether oxygens (including phenoxy) is 2. The summed E-state index contributed by atoms with van der Waals surface area (Å²) in [7, 11) is 3.23. The van der Waals surface area contributed by atoms with Crippen molar-refractivity contribution in [3.63, 3.8) is 0 Å². The zero-order chi connectivity index (χ0) is 37.9. The van der Waals surface area contributed by atoms with E-state index in [0.29, 0.717) is 52.6 Å². The molecule has 4 heterocycles. The van der Waals surface area contributed by atoms with Crippen molar-refractivity contribution in [2.24, 2.45) is 0 Å². The van der Waals surface area contributed by atoms with E-state index < -0.39 is 11.2 Å². The summed E-state index contributed by atoms with van der Waals surface area (Å²) in [5, 5.41) is 30.1. The molecule has 0 saturated heterocycles. The van der Waals surface area contributed by atoms with E-state index in [-0.39, 0.29) is 12.8 Å². The van der Waals surface area contributed by atoms with Crippen LogP contribution in [0.3, 0.4) is 0 Å². The molecule has 53 heavy (non-hydrogen) atoms. The molecule has 276 valence electrons. The molecule has 0 fully saturated rings. The number of imidazole rings is 2. The highest BCUT2D eigenvalue weighted by molar-refractivity contribution is 5.63. The quantitative estimate of drug-likeness (QED) is 0.0963. The maximum Gasteiger partial charge on any atom is 0.227 e. The molecule has 6 aromatic rings. The minimum atomic E-state index is -1.40. The summed E-state index contributed by atoms with van der Waals surface area (Å²) in [6.45, 7) is 11.1. The lowest BCUT2D eigenvalue weighted by molar-refractivity contribution is -0.0120. The summed E-state index contributed by atoms with van der Waals surface area (Å²) in [4.78, 5) is 27.2. The molecule has 0 amide bonds. The fraction of sp³-hybridized carbons (Fsp3) is 0.333. The van der Waals surface area contributed by atoms with Gasteiger partial charge in [-0.2, -0.15) is 0 Å². The molecule has 6 rings (SSSR count). The van der Waals surface area contributed by atoms with Crippen LogP contribution in [0.4, 0.5) is 23.3 Å². The van der Waals surface area contributed by atoms with Crippen molar-refractivity contribution in [3.05, 3.63) is 108 Å². The van der Waals surface area contributed by atoms with Gasteiger partial charge in [-0.1, -0.05) is 6.92 Å². The van der Waals surface area contributed by atoms with Crippen molar-refractivity contribution in [3.8, 4) is 22.9 Å². The van der Waals surface area contributed by atoms with Gasteiger partial charge in [-0.25, -0.2) is 29.9 Å². The molecule has 0 radical (unpaired) electrons. The number of aliphatic hydroxyl groups is 2. The number of benzene rings is 2. The smallest absolute Gasteiger partial charge is 0.227 e. The average Bonchev–Trinajstić information content (AvgIpc) is 3.78. The van der Waals surface area contributed by atoms with Crippen molar-refractivity contribution in [2.45, 2.75) is 72.0 Å². The summed E-state index contributed by atoms with van der Waals surface area (Å²) < 4.78 is 15.1. The van der Waals surface area contributed by atoms with Crippen molar-refractivity contribution in [1.82, 2.24) is 39.0 Å². The van der Waals surface area contributed by atoms with Crippen molar-refractivity contribution in [1.29, 1.82) is 0 Å². The zero-order valence-electron chi connectivity index (χ0n) is 31.3. The first-order valence-electron chi connectivity index (χ1n) is 17.4. The van der Waals surface area contributed by atoms with Crippen molar-refractivity contribution < 1.29 is 19.7 Å². The molecule has 4 aromatic heterocycles. The van der Waals surface area contributed by atoms with Crippen LogP contribution in [0.2, 0.25) is 0 Å². The van der Waals surface area contributed by atoms with Gasteiger partial charge >= 0.3 is 0 Å². The zero-order valence-corrected chi connectivity index (χ0v) is 31.3. The third-order valence-corrected chi connectivity index (χ3v) is 9.05. The van der Waals surface area contributed by atoms with Gasteiger partial charge in [-0.15, -0.1) is 0 Å². The second-order valence-corrected chi connectivity index (χ2v) is 13.6. The fourth-order valence-electron chi connectivity index (χ4n) is 5.96. The fourth-order valence-corrected chi connectivity index (χ4v) is 5.96. The molecular formula is C39H46N10O4. The van der Waals surface area contributed by atoms with Crippen LogP contribution in [0, 0.1) is 20.8 Å². The molecule has 14 heteroatoms. The third-order valence-electron chi connectivity index (χ3n) is 9.05. The number of nitrogens with one attached hydrogen (secondary N) is 2. The van der Waals surface area contributed by atoms with Gasteiger partial charge in [0.2, 0.25) is 11.9 Å². The molecular weight excluding hydrogens is 672 g/mol. The number of nitrogens with zero attached hydrogens (tertiary/aromatic N) is 8. The Morgan fingerprint density at radius 1 is 0.642 bits per heavy atom. The lowest BCUT2D eigenvalue weighted by atomic mass is 9.87. The first kappa shape index (κ1) is 36.9. The molecule has 2 aromatic carbocycles. The maximum absolute atomic E-state index is 11.8. The van der Waals surface area contributed by atoms with Crippen LogP contribution in [0.15, 0.2) is 73.6 Å².